The average Bonchev–Trinajstić information content (AvgIpc) is 1.78. The van der Waals surface area contributed by atoms with E-state index in [-0.39, 0.29) is 4.47 Å². The average molecular weight is 243 g/mol. The van der Waals surface area contributed by atoms with Gasteiger partial charge in [-0.1, -0.05) is 15.9 Å². The Bertz CT molecular complexity index is 315. The molecule has 64 valence electrons. The van der Waals surface area contributed by atoms with Gasteiger partial charge < -0.3 is 5.11 Å². The lowest BCUT2D eigenvalue weighted by atomic mass is 9.61. The van der Waals surface area contributed by atoms with Gasteiger partial charge in [-0.2, -0.15) is 0 Å². The van der Waals surface area contributed by atoms with Gasteiger partial charge in [0.2, 0.25) is 0 Å². The summed E-state index contributed by atoms with van der Waals surface area (Å²) >= 11 is 2.87. The van der Waals surface area contributed by atoms with Crippen molar-refractivity contribution in [2.75, 3.05) is 0 Å². The molecule has 1 N–H and O–H groups in total. The Morgan fingerprint density at radius 3 is 1.92 bits per heavy atom. The number of aliphatic hydroxyl groups is 1. The Morgan fingerprint density at radius 1 is 1.23 bits per heavy atom. The zero-order valence-electron chi connectivity index (χ0n) is 6.39. The highest BCUT2D eigenvalue weighted by molar-refractivity contribution is 9.10. The lowest BCUT2D eigenvalue weighted by Crippen LogP contribution is -2.28. The van der Waals surface area contributed by atoms with Crippen molar-refractivity contribution in [3.05, 3.63) is 33.8 Å². The fraction of sp³-hybridized carbons (Fsp3) is 0.143. The van der Waals surface area contributed by atoms with Crippen molar-refractivity contribution in [3.8, 4) is 0 Å². The van der Waals surface area contributed by atoms with E-state index in [9.17, 15) is 8.78 Å². The second-order valence-electron chi connectivity index (χ2n) is 2.57. The van der Waals surface area contributed by atoms with E-state index in [2.05, 4.69) is 15.9 Å². The van der Waals surface area contributed by atoms with E-state index in [0.717, 1.165) is 12.1 Å². The van der Waals surface area contributed by atoms with Gasteiger partial charge in [0.1, 0.15) is 27.3 Å². The maximum atomic E-state index is 13.0. The summed E-state index contributed by atoms with van der Waals surface area (Å²) in [5.41, 5.74) is -0.754. The molecule has 1 rings (SSSR count). The molecular formula is C7H3B2BrF2O. The molecule has 0 saturated carbocycles. The third kappa shape index (κ3) is 2.31. The Hall–Kier alpha value is -0.350. The van der Waals surface area contributed by atoms with Crippen LogP contribution in [0, 0.1) is 11.6 Å². The maximum absolute atomic E-state index is 13.0. The van der Waals surface area contributed by atoms with Crippen molar-refractivity contribution in [2.45, 2.75) is 5.40 Å². The highest BCUT2D eigenvalue weighted by atomic mass is 79.9. The standard InChI is InChI=1S/C7H3B2BrF2O/c8-7(9,13)6-4(11)1-3(10)2-5(6)12/h1-2,13H. The largest absolute Gasteiger partial charge is 0.405 e. The van der Waals surface area contributed by atoms with Crippen LogP contribution in [0.1, 0.15) is 5.56 Å². The Labute approximate surface area is 85.1 Å². The maximum Gasteiger partial charge on any atom is 0.131 e. The molecule has 0 spiro atoms. The fourth-order valence-electron chi connectivity index (χ4n) is 0.925. The van der Waals surface area contributed by atoms with Gasteiger partial charge in [-0.25, -0.2) is 8.78 Å². The minimum atomic E-state index is -2.51. The highest BCUT2D eigenvalue weighted by Gasteiger charge is 2.24. The molecule has 0 aliphatic rings. The summed E-state index contributed by atoms with van der Waals surface area (Å²) in [5, 5.41) is 6.50. The summed E-state index contributed by atoms with van der Waals surface area (Å²) in [6, 6.07) is 1.92. The lowest BCUT2D eigenvalue weighted by Gasteiger charge is -2.20. The van der Waals surface area contributed by atoms with Crippen molar-refractivity contribution in [1.82, 2.24) is 0 Å². The van der Waals surface area contributed by atoms with Gasteiger partial charge >= 0.3 is 0 Å². The summed E-state index contributed by atoms with van der Waals surface area (Å²) in [5.74, 6) is -2.00. The molecule has 0 aromatic heterocycles. The number of benzene rings is 1. The second kappa shape index (κ2) is 3.42. The molecule has 0 saturated heterocycles. The van der Waals surface area contributed by atoms with Gasteiger partial charge in [0, 0.05) is 15.4 Å². The molecule has 0 bridgehead atoms. The number of halogens is 3. The van der Waals surface area contributed by atoms with Gasteiger partial charge in [-0.05, 0) is 12.1 Å². The predicted molar refractivity (Wildman–Crippen MR) is 49.5 cm³/mol. The van der Waals surface area contributed by atoms with Gasteiger partial charge in [0.15, 0.2) is 0 Å². The Balaban J connectivity index is 3.38. The zero-order chi connectivity index (χ0) is 10.2. The summed E-state index contributed by atoms with van der Waals surface area (Å²) in [7, 11) is 9.89. The van der Waals surface area contributed by atoms with Crippen molar-refractivity contribution >= 4 is 31.6 Å². The molecule has 0 aliphatic carbocycles. The van der Waals surface area contributed by atoms with E-state index in [0.29, 0.717) is 0 Å². The van der Waals surface area contributed by atoms with Gasteiger partial charge in [0.25, 0.3) is 0 Å². The van der Waals surface area contributed by atoms with Crippen LogP contribution < -0.4 is 0 Å². The van der Waals surface area contributed by atoms with Gasteiger partial charge in [-0.3, -0.25) is 0 Å². The number of hydrogen-bond acceptors (Lipinski definition) is 1. The third-order valence-corrected chi connectivity index (χ3v) is 1.87. The molecular weight excluding hydrogens is 240 g/mol. The molecule has 1 nitrogen and oxygen atoms in total. The van der Waals surface area contributed by atoms with Crippen molar-refractivity contribution in [1.29, 1.82) is 0 Å². The van der Waals surface area contributed by atoms with Crippen LogP contribution in [0.25, 0.3) is 0 Å². The second-order valence-corrected chi connectivity index (χ2v) is 3.49. The van der Waals surface area contributed by atoms with Crippen LogP contribution in [0.15, 0.2) is 16.6 Å². The quantitative estimate of drug-likeness (QED) is 0.733. The zero-order valence-corrected chi connectivity index (χ0v) is 7.98. The Kier molecular flexibility index (Phi) is 2.82. The van der Waals surface area contributed by atoms with E-state index < -0.39 is 22.6 Å². The van der Waals surface area contributed by atoms with E-state index in [4.69, 9.17) is 20.8 Å². The molecule has 1 aromatic rings. The van der Waals surface area contributed by atoms with Crippen molar-refractivity contribution < 1.29 is 13.9 Å². The molecule has 0 aliphatic heterocycles. The van der Waals surface area contributed by atoms with Crippen LogP contribution in [0.3, 0.4) is 0 Å². The van der Waals surface area contributed by atoms with Crippen LogP contribution >= 0.6 is 15.9 Å². The third-order valence-electron chi connectivity index (χ3n) is 1.41. The molecule has 0 amide bonds. The molecule has 6 heteroatoms. The summed E-state index contributed by atoms with van der Waals surface area (Å²) in [6.45, 7) is 0. The molecule has 0 atom stereocenters. The van der Waals surface area contributed by atoms with Crippen LogP contribution in [0.4, 0.5) is 8.78 Å². The van der Waals surface area contributed by atoms with Gasteiger partial charge in [-0.15, -0.1) is 0 Å². The van der Waals surface area contributed by atoms with Crippen LogP contribution in [0.5, 0.6) is 0 Å². The molecule has 0 fully saturated rings. The molecule has 0 unspecified atom stereocenters. The summed E-state index contributed by atoms with van der Waals surface area (Å²) in [4.78, 5) is 0. The first kappa shape index (κ1) is 10.7. The van der Waals surface area contributed by atoms with E-state index in [1.54, 1.807) is 0 Å². The minimum Gasteiger partial charge on any atom is -0.405 e. The highest BCUT2D eigenvalue weighted by Crippen LogP contribution is 2.25. The first-order chi connectivity index (χ1) is 5.82. The van der Waals surface area contributed by atoms with E-state index in [1.807, 2.05) is 0 Å². The predicted octanol–water partition coefficient (Wildman–Crippen LogP) is 1.17. The first-order valence-corrected chi connectivity index (χ1v) is 4.07. The first-order valence-electron chi connectivity index (χ1n) is 3.27. The van der Waals surface area contributed by atoms with Crippen LogP contribution in [-0.4, -0.2) is 20.8 Å². The van der Waals surface area contributed by atoms with Gasteiger partial charge in [0.05, 0.1) is 0 Å². The van der Waals surface area contributed by atoms with Crippen LogP contribution in [0.2, 0.25) is 0 Å². The van der Waals surface area contributed by atoms with Crippen molar-refractivity contribution in [2.24, 2.45) is 0 Å². The molecule has 1 aromatic carbocycles. The normalized spacial score (nSPS) is 11.7. The van der Waals surface area contributed by atoms with E-state index >= 15 is 0 Å². The molecule has 13 heavy (non-hydrogen) atoms. The summed E-state index contributed by atoms with van der Waals surface area (Å²) < 4.78 is 26.2. The molecule has 0 heterocycles. The smallest absolute Gasteiger partial charge is 0.131 e. The van der Waals surface area contributed by atoms with Crippen LogP contribution in [-0.2, 0) is 5.40 Å². The lowest BCUT2D eigenvalue weighted by molar-refractivity contribution is 0.205. The fourth-order valence-corrected chi connectivity index (χ4v) is 1.33. The minimum absolute atomic E-state index is 0.204. The topological polar surface area (TPSA) is 20.2 Å². The number of hydrogen-bond donors (Lipinski definition) is 1. The summed E-state index contributed by atoms with van der Waals surface area (Å²) in [6.07, 6.45) is 0. The monoisotopic (exact) mass is 242 g/mol. The SMILES string of the molecule is [B]C([B])(O)c1c(F)cc(Br)cc1F. The van der Waals surface area contributed by atoms with Crippen molar-refractivity contribution in [3.63, 3.8) is 0 Å². The molecule has 4 radical (unpaired) electrons. The Morgan fingerprint density at radius 2 is 1.62 bits per heavy atom. The number of rotatable bonds is 1. The van der Waals surface area contributed by atoms with E-state index in [1.165, 1.54) is 0 Å².